The van der Waals surface area contributed by atoms with E-state index in [4.69, 9.17) is 71.1 Å². The van der Waals surface area contributed by atoms with Crippen LogP contribution in [0.5, 0.6) is 0 Å². The average Bonchev–Trinajstić information content (AvgIpc) is 0.768. The van der Waals surface area contributed by atoms with Gasteiger partial charge >= 0.3 is 0 Å². The van der Waals surface area contributed by atoms with Gasteiger partial charge in [0.25, 0.3) is 0 Å². The summed E-state index contributed by atoms with van der Waals surface area (Å²) in [5, 5.41) is 247. The van der Waals surface area contributed by atoms with Gasteiger partial charge < -0.3 is 199 Å². The normalized spacial score (nSPS) is 49.9. The van der Waals surface area contributed by atoms with Gasteiger partial charge in [-0.2, -0.15) is 0 Å². The average molecular weight is 1420 g/mol. The zero-order valence-electron chi connectivity index (χ0n) is 52.2. The number of hydrogen-bond acceptors (Lipinski definition) is 40. The van der Waals surface area contributed by atoms with Gasteiger partial charge in [0.1, 0.15) is 189 Å². The van der Waals surface area contributed by atoms with Crippen LogP contribution in [0.1, 0.15) is 27.7 Å². The fourth-order valence-corrected chi connectivity index (χ4v) is 12.5. The first kappa shape index (κ1) is 79.6. The molecule has 0 saturated carbocycles. The number of aliphatic hydroxyl groups excluding tert-OH is 22. The molecule has 8 fully saturated rings. The Morgan fingerprint density at radius 2 is 0.619 bits per heavy atom. The highest BCUT2D eigenvalue weighted by Crippen LogP contribution is 2.39. The molecule has 8 saturated heterocycles. The van der Waals surface area contributed by atoms with Gasteiger partial charge in [0.05, 0.1) is 52.4 Å². The zero-order valence-corrected chi connectivity index (χ0v) is 52.2. The van der Waals surface area contributed by atoms with Crippen molar-refractivity contribution in [3.05, 3.63) is 0 Å². The summed E-state index contributed by atoms with van der Waals surface area (Å²) in [5.41, 5.74) is 0. The third-order valence-corrected chi connectivity index (χ3v) is 17.8. The fourth-order valence-electron chi connectivity index (χ4n) is 12.5. The van der Waals surface area contributed by atoms with Gasteiger partial charge in [0.2, 0.25) is 17.7 Å². The molecule has 0 unspecified atom stereocenters. The number of nitrogens with one attached hydrogen (secondary N) is 3. The molecule has 43 nitrogen and oxygen atoms in total. The Balaban J connectivity index is 1.08. The van der Waals surface area contributed by atoms with E-state index in [2.05, 4.69) is 16.0 Å². The van der Waals surface area contributed by atoms with Crippen molar-refractivity contribution in [1.29, 1.82) is 0 Å². The van der Waals surface area contributed by atoms with E-state index in [1.165, 1.54) is 6.92 Å². The molecule has 0 radical (unpaired) electrons. The molecule has 0 spiro atoms. The highest BCUT2D eigenvalue weighted by Gasteiger charge is 2.60. The summed E-state index contributed by atoms with van der Waals surface area (Å²) in [5.74, 6) is -2.63. The van der Waals surface area contributed by atoms with Crippen LogP contribution in [0.25, 0.3) is 0 Å². The Hall–Kier alpha value is -3.07. The van der Waals surface area contributed by atoms with Crippen molar-refractivity contribution in [3.8, 4) is 0 Å². The van der Waals surface area contributed by atoms with Crippen LogP contribution < -0.4 is 16.0 Å². The van der Waals surface area contributed by atoms with E-state index < -0.39 is 309 Å². The second-order valence-electron chi connectivity index (χ2n) is 24.6. The van der Waals surface area contributed by atoms with E-state index in [0.29, 0.717) is 0 Å². The molecule has 40 atom stereocenters. The minimum Gasteiger partial charge on any atom is -0.394 e. The first-order valence-electron chi connectivity index (χ1n) is 31.0. The van der Waals surface area contributed by atoms with Gasteiger partial charge in [0.15, 0.2) is 50.3 Å². The summed E-state index contributed by atoms with van der Waals surface area (Å²) in [6, 6.07) is -5.44. The molecule has 0 bridgehead atoms. The largest absolute Gasteiger partial charge is 0.394 e. The summed E-state index contributed by atoms with van der Waals surface area (Å²) in [7, 11) is 0. The highest BCUT2D eigenvalue weighted by molar-refractivity contribution is 5.74. The molecule has 8 heterocycles. The van der Waals surface area contributed by atoms with Crippen molar-refractivity contribution < 1.29 is 198 Å². The Morgan fingerprint density at radius 1 is 0.289 bits per heavy atom. The Kier molecular flexibility index (Phi) is 28.3. The first-order chi connectivity index (χ1) is 45.8. The van der Waals surface area contributed by atoms with E-state index in [9.17, 15) is 127 Å². The summed E-state index contributed by atoms with van der Waals surface area (Å²) >= 11 is 0. The van der Waals surface area contributed by atoms with Gasteiger partial charge in [-0.05, 0) is 6.92 Å². The molecule has 0 aromatic carbocycles. The second kappa shape index (κ2) is 34.5. The quantitative estimate of drug-likeness (QED) is 0.0427. The molecule has 8 aliphatic heterocycles. The summed E-state index contributed by atoms with van der Waals surface area (Å²) in [4.78, 5) is 38.3. The van der Waals surface area contributed by atoms with Crippen molar-refractivity contribution in [3.63, 3.8) is 0 Å². The molecule has 0 aromatic heterocycles. The third-order valence-electron chi connectivity index (χ3n) is 17.8. The van der Waals surface area contributed by atoms with E-state index in [0.717, 1.165) is 20.8 Å². The van der Waals surface area contributed by atoms with Crippen LogP contribution >= 0.6 is 0 Å². The van der Waals surface area contributed by atoms with Crippen molar-refractivity contribution in [2.75, 3.05) is 46.2 Å². The van der Waals surface area contributed by atoms with E-state index in [-0.39, 0.29) is 0 Å². The molecule has 97 heavy (non-hydrogen) atoms. The lowest BCUT2D eigenvalue weighted by molar-refractivity contribution is -0.390. The van der Waals surface area contributed by atoms with Crippen molar-refractivity contribution in [1.82, 2.24) is 16.0 Å². The maximum absolute atomic E-state index is 13.0. The fraction of sp³-hybridized carbons (Fsp3) is 0.944. The maximum Gasteiger partial charge on any atom is 0.217 e. The van der Waals surface area contributed by atoms with Crippen LogP contribution in [-0.4, -0.2) is 422 Å². The van der Waals surface area contributed by atoms with Gasteiger partial charge in [-0.15, -0.1) is 0 Å². The van der Waals surface area contributed by atoms with E-state index in [1.807, 2.05) is 0 Å². The van der Waals surface area contributed by atoms with Crippen molar-refractivity contribution in [2.45, 2.75) is 273 Å². The SMILES string of the molecule is CC(=O)N[C@@H]1[C@@H](O[C@H]2O[C@H](C)[C@H](O)[C@H](O)[C@H]2O)[C@H](O[C@@H]2O[C@H](CO)[C@@H](O[C@@H]3O[C@H](CO[C@H]4O[C@H](CO)[C@@H](O)[C@H](O)[C@@H]4O[C@@H]4O[C@H](CO)[C@@H](O[C@@H]5O[C@H](CO)[C@H](O)[C@H](O)[C@H]5O)[C@H](O)[C@H]4NC(C)=O)[C@@H](O)[C@H](O[C@H]4O[C@H](CO)[C@@H](O)[C@H](O)[C@@H]4O)[C@@H]3O)[C@H](O)[C@H]2NC(C)=O)[C@@H](CO)O[C@H]1O. The molecule has 0 aromatic rings. The standard InChI is InChI=1S/C54H91N3O40/c1-12-26(67)33(74)37(78)50(84-12)95-44-25(57-15(4)66)47(82)85-21(10-63)43(44)94-48-23(55-13(2)64)31(72)42(20(9-62)89-48)93-53-40(81)45(96-52-39(80)35(76)28(69)17(6-59)87-52)30(71)22(91-53)11-83-54-46(36(77)29(70)18(7-60)88-54)97-49-24(56-14(3)65)32(73)41(19(8-61)90-49)92-51-38(79)34(75)27(68)16(5-58)86-51/h12,16-54,58-63,67-82H,5-11H2,1-4H3,(H,55,64)(H,56,65)(H,57,66)/t12-,16-,17-,18-,19-,20-,21-,22-,23-,24-,25-,26+,27+,28-,29-,30-,31-,32-,33+,34+,35+,36+,37-,38-,39+,40+,41-,42-,43-,44-,45+,46+,47-,48+,49+,50-,51+,52-,53+,54+/m1/s1. The molecule has 562 valence electrons. The smallest absolute Gasteiger partial charge is 0.217 e. The summed E-state index contributed by atoms with van der Waals surface area (Å²) in [6.07, 6.45) is -73.0. The molecule has 25 N–H and O–H groups in total. The van der Waals surface area contributed by atoms with Crippen LogP contribution in [0.2, 0.25) is 0 Å². The van der Waals surface area contributed by atoms with E-state index in [1.54, 1.807) is 0 Å². The lowest BCUT2D eigenvalue weighted by atomic mass is 9.93. The van der Waals surface area contributed by atoms with Crippen LogP contribution in [0.4, 0.5) is 0 Å². The Bertz CT molecular complexity index is 2490. The van der Waals surface area contributed by atoms with Crippen LogP contribution in [0.15, 0.2) is 0 Å². The first-order valence-corrected chi connectivity index (χ1v) is 31.0. The minimum atomic E-state index is -2.40. The predicted molar refractivity (Wildman–Crippen MR) is 298 cm³/mol. The zero-order chi connectivity index (χ0) is 71.5. The van der Waals surface area contributed by atoms with Crippen molar-refractivity contribution in [2.24, 2.45) is 0 Å². The second-order valence-corrected chi connectivity index (χ2v) is 24.6. The minimum absolute atomic E-state index is 0.814. The third kappa shape index (κ3) is 17.4. The molecular formula is C54H91N3O40. The van der Waals surface area contributed by atoms with Gasteiger partial charge in [-0.25, -0.2) is 0 Å². The topological polar surface area (TPSA) is 671 Å². The lowest BCUT2D eigenvalue weighted by Gasteiger charge is -2.51. The lowest BCUT2D eigenvalue weighted by Crippen LogP contribution is -2.71. The van der Waals surface area contributed by atoms with Crippen LogP contribution in [-0.2, 0) is 85.4 Å². The summed E-state index contributed by atoms with van der Waals surface area (Å²) < 4.78 is 88.2. The number of carbonyl (C=O) groups is 3. The number of amides is 3. The van der Waals surface area contributed by atoms with Crippen LogP contribution in [0, 0.1) is 0 Å². The number of carbonyl (C=O) groups excluding carboxylic acids is 3. The molecule has 43 heteroatoms. The number of rotatable bonds is 24. The Labute approximate surface area is 549 Å². The van der Waals surface area contributed by atoms with Gasteiger partial charge in [0, 0.05) is 20.8 Å². The molecule has 8 aliphatic rings. The van der Waals surface area contributed by atoms with Gasteiger partial charge in [-0.1, -0.05) is 0 Å². The summed E-state index contributed by atoms with van der Waals surface area (Å²) in [6.45, 7) is -3.06. The highest BCUT2D eigenvalue weighted by atomic mass is 16.8. The molecule has 3 amide bonds. The molecular weight excluding hydrogens is 1330 g/mol. The monoisotopic (exact) mass is 1420 g/mol. The molecule has 0 aliphatic carbocycles. The molecule has 8 rings (SSSR count). The van der Waals surface area contributed by atoms with Crippen molar-refractivity contribution >= 4 is 17.7 Å². The Morgan fingerprint density at radius 3 is 1.06 bits per heavy atom. The number of hydrogen-bond donors (Lipinski definition) is 25. The predicted octanol–water partition coefficient (Wildman–Crippen LogP) is -17.0. The maximum atomic E-state index is 13.0. The van der Waals surface area contributed by atoms with Gasteiger partial charge in [-0.3, -0.25) is 14.4 Å². The van der Waals surface area contributed by atoms with E-state index >= 15 is 0 Å². The number of ether oxygens (including phenoxy) is 15. The van der Waals surface area contributed by atoms with Crippen LogP contribution in [0.3, 0.4) is 0 Å². The number of aliphatic hydroxyl groups is 22.